The van der Waals surface area contributed by atoms with Crippen molar-refractivity contribution in [1.82, 2.24) is 19.8 Å². The van der Waals surface area contributed by atoms with E-state index in [1.807, 2.05) is 12.1 Å². The number of aromatic nitrogens is 2. The molecule has 2 bridgehead atoms. The molecule has 4 aliphatic heterocycles. The average molecular weight is 902 g/mol. The first-order valence-corrected chi connectivity index (χ1v) is 25.4. The summed E-state index contributed by atoms with van der Waals surface area (Å²) >= 11 is 0. The van der Waals surface area contributed by atoms with E-state index in [0.29, 0.717) is 54.8 Å². The Balaban J connectivity index is 0.906. The van der Waals surface area contributed by atoms with Crippen molar-refractivity contribution in [2.75, 3.05) is 44.5 Å². The van der Waals surface area contributed by atoms with Crippen LogP contribution in [0.1, 0.15) is 172 Å². The number of ether oxygens (including phenoxy) is 3. The molecule has 4 saturated heterocycles. The highest BCUT2D eigenvalue weighted by molar-refractivity contribution is 5.94. The summed E-state index contributed by atoms with van der Waals surface area (Å²) in [5, 5.41) is 11.4. The predicted molar refractivity (Wildman–Crippen MR) is 250 cm³/mol. The van der Waals surface area contributed by atoms with Crippen LogP contribution in [0.2, 0.25) is 0 Å². The van der Waals surface area contributed by atoms with Gasteiger partial charge in [-0.05, 0) is 105 Å². The zero-order chi connectivity index (χ0) is 45.3. The van der Waals surface area contributed by atoms with Gasteiger partial charge in [-0.25, -0.2) is 13.6 Å². The fourth-order valence-electron chi connectivity index (χ4n) is 11.9. The molecule has 3 aromatic rings. The van der Waals surface area contributed by atoms with Crippen molar-refractivity contribution in [3.63, 3.8) is 0 Å². The maximum atomic E-state index is 17.3. The number of amides is 1. The van der Waals surface area contributed by atoms with Crippen LogP contribution in [0.15, 0.2) is 24.3 Å². The molecule has 2 aromatic carbocycles. The first kappa shape index (κ1) is 47.2. The number of unbranched alkanes of at least 4 members (excludes halogenated alkanes) is 12. The van der Waals surface area contributed by atoms with Gasteiger partial charge in [0.1, 0.15) is 29.9 Å². The third kappa shape index (κ3) is 11.0. The van der Waals surface area contributed by atoms with Crippen LogP contribution in [0.3, 0.4) is 0 Å². The Morgan fingerprint density at radius 2 is 1.55 bits per heavy atom. The topological polar surface area (TPSA) is 118 Å². The Morgan fingerprint density at radius 3 is 2.26 bits per heavy atom. The van der Waals surface area contributed by atoms with Crippen LogP contribution in [-0.2, 0) is 20.7 Å². The van der Waals surface area contributed by atoms with E-state index in [1.54, 1.807) is 17.0 Å². The molecule has 3 unspecified atom stereocenters. The van der Waals surface area contributed by atoms with Gasteiger partial charge in [0.2, 0.25) is 6.79 Å². The van der Waals surface area contributed by atoms with Gasteiger partial charge in [0, 0.05) is 43.4 Å². The van der Waals surface area contributed by atoms with Gasteiger partial charge in [-0.3, -0.25) is 14.6 Å². The molecule has 1 aliphatic carbocycles. The standard InChI is InChI=1S/C52H73F2N5O6/c1-3-5-6-7-8-9-10-11-12-13-14-15-16-21-45(61)64-35-65-51(62)59-39-22-23-40(59)33-57(32-39)49-43-25-24-42(44-29-41(60)28-37-20-17-19-36(4-2)46(37)44)47(54)48(43)55-50(56-49)63-34-52-26-18-27-58(52)31-38(53)30-52/h24-25,28-29,36,38-40,60H,3-23,26-27,30-35H2,1-2H3/t36?,38-,39?,40?,52+/m1/s1. The molecular weight excluding hydrogens is 829 g/mol. The number of phenols is 1. The highest BCUT2D eigenvalue weighted by Crippen LogP contribution is 2.46. The van der Waals surface area contributed by atoms with E-state index in [4.69, 9.17) is 24.2 Å². The molecule has 1 aromatic heterocycles. The number of aryl methyl sites for hydroxylation is 1. The number of hydrogen-bond acceptors (Lipinski definition) is 10. The summed E-state index contributed by atoms with van der Waals surface area (Å²) in [6, 6.07) is 6.78. The Labute approximate surface area is 385 Å². The lowest BCUT2D eigenvalue weighted by atomic mass is 9.77. The van der Waals surface area contributed by atoms with E-state index in [-0.39, 0.29) is 47.9 Å². The van der Waals surface area contributed by atoms with Crippen LogP contribution in [-0.4, -0.2) is 100 Å². The van der Waals surface area contributed by atoms with E-state index >= 15 is 4.39 Å². The minimum Gasteiger partial charge on any atom is -0.508 e. The minimum absolute atomic E-state index is 0.0336. The summed E-state index contributed by atoms with van der Waals surface area (Å²) in [6.07, 6.45) is 22.3. The Kier molecular flexibility index (Phi) is 16.0. The molecule has 5 aliphatic rings. The maximum Gasteiger partial charge on any atom is 0.413 e. The van der Waals surface area contributed by atoms with E-state index in [0.717, 1.165) is 88.3 Å². The summed E-state index contributed by atoms with van der Waals surface area (Å²) < 4.78 is 49.3. The smallest absolute Gasteiger partial charge is 0.413 e. The fraction of sp³-hybridized carbons (Fsp3) is 0.692. The molecule has 1 N–H and O–H groups in total. The molecule has 4 fully saturated rings. The number of hydrogen-bond donors (Lipinski definition) is 1. The normalized spacial score (nSPS) is 23.8. The summed E-state index contributed by atoms with van der Waals surface area (Å²) in [4.78, 5) is 41.7. The number of esters is 1. The number of carbonyl (C=O) groups excluding carboxylic acids is 2. The van der Waals surface area contributed by atoms with Crippen molar-refractivity contribution in [3.05, 3.63) is 41.2 Å². The van der Waals surface area contributed by atoms with Crippen LogP contribution < -0.4 is 9.64 Å². The molecule has 13 heteroatoms. The molecule has 0 spiro atoms. The van der Waals surface area contributed by atoms with E-state index in [1.165, 1.54) is 64.2 Å². The van der Waals surface area contributed by atoms with Gasteiger partial charge >= 0.3 is 18.1 Å². The number of phenolic OH excluding ortho intramolecular Hbond substituents is 1. The van der Waals surface area contributed by atoms with Gasteiger partial charge in [0.05, 0.1) is 17.6 Å². The molecule has 65 heavy (non-hydrogen) atoms. The van der Waals surface area contributed by atoms with Crippen LogP contribution >= 0.6 is 0 Å². The molecule has 5 atom stereocenters. The summed E-state index contributed by atoms with van der Waals surface area (Å²) in [7, 11) is 0. The zero-order valence-corrected chi connectivity index (χ0v) is 39.1. The van der Waals surface area contributed by atoms with Crippen molar-refractivity contribution < 1.29 is 37.7 Å². The quantitative estimate of drug-likeness (QED) is 0.0593. The maximum absolute atomic E-state index is 17.3. The second kappa shape index (κ2) is 22.0. The Hall–Kier alpha value is -4.26. The largest absolute Gasteiger partial charge is 0.508 e. The number of halogens is 2. The molecule has 356 valence electrons. The van der Waals surface area contributed by atoms with Crippen molar-refractivity contribution in [3.8, 4) is 22.9 Å². The monoisotopic (exact) mass is 902 g/mol. The number of carbonyl (C=O) groups is 2. The predicted octanol–water partition coefficient (Wildman–Crippen LogP) is 11.7. The van der Waals surface area contributed by atoms with Gasteiger partial charge in [-0.15, -0.1) is 0 Å². The number of aromatic hydroxyl groups is 1. The summed E-state index contributed by atoms with van der Waals surface area (Å²) in [6.45, 7) is 6.25. The number of benzene rings is 2. The third-order valence-electron chi connectivity index (χ3n) is 15.3. The fourth-order valence-corrected chi connectivity index (χ4v) is 11.9. The third-order valence-corrected chi connectivity index (χ3v) is 15.3. The Morgan fingerprint density at radius 1 is 0.846 bits per heavy atom. The first-order valence-electron chi connectivity index (χ1n) is 25.4. The number of piperazine rings is 1. The summed E-state index contributed by atoms with van der Waals surface area (Å²) in [5.41, 5.74) is 2.88. The lowest BCUT2D eigenvalue weighted by Crippen LogP contribution is -2.56. The highest BCUT2D eigenvalue weighted by atomic mass is 19.1. The van der Waals surface area contributed by atoms with E-state index in [9.17, 15) is 19.1 Å². The second-order valence-corrected chi connectivity index (χ2v) is 19.8. The van der Waals surface area contributed by atoms with E-state index in [2.05, 4.69) is 23.6 Å². The lowest BCUT2D eigenvalue weighted by molar-refractivity contribution is -0.152. The molecule has 1 amide bonds. The molecular formula is C52H73F2N5O6. The average Bonchev–Trinajstić information content (AvgIpc) is 3.92. The highest BCUT2D eigenvalue weighted by Gasteiger charge is 2.50. The van der Waals surface area contributed by atoms with Crippen LogP contribution in [0.25, 0.3) is 22.0 Å². The SMILES string of the molecule is CCCCCCCCCCCCCCCC(=O)OCOC(=O)N1C2CCC1CN(c1nc(OC[C@@]34CCCN3C[C@H](F)C4)nc3c(F)c(-c4cc(O)cc5c4C(CC)CCC5)ccc13)C2. The molecule has 11 nitrogen and oxygen atoms in total. The van der Waals surface area contributed by atoms with Crippen LogP contribution in [0.4, 0.5) is 19.4 Å². The van der Waals surface area contributed by atoms with Gasteiger partial charge < -0.3 is 24.2 Å². The molecule has 5 heterocycles. The molecule has 0 radical (unpaired) electrons. The van der Waals surface area contributed by atoms with Crippen molar-refractivity contribution in [2.45, 2.75) is 191 Å². The van der Waals surface area contributed by atoms with Crippen LogP contribution in [0.5, 0.6) is 11.8 Å². The van der Waals surface area contributed by atoms with Gasteiger partial charge in [0.15, 0.2) is 5.82 Å². The molecule has 0 saturated carbocycles. The summed E-state index contributed by atoms with van der Waals surface area (Å²) in [5.74, 6) is 0.0129. The van der Waals surface area contributed by atoms with Gasteiger partial charge in [0.25, 0.3) is 0 Å². The number of anilines is 1. The number of alkyl halides is 1. The Bertz CT molecular complexity index is 2090. The van der Waals surface area contributed by atoms with Gasteiger partial charge in [-0.1, -0.05) is 97.0 Å². The van der Waals surface area contributed by atoms with Crippen molar-refractivity contribution in [1.29, 1.82) is 0 Å². The van der Waals surface area contributed by atoms with Crippen LogP contribution in [0, 0.1) is 5.82 Å². The minimum atomic E-state index is -0.924. The first-order chi connectivity index (χ1) is 31.7. The second-order valence-electron chi connectivity index (χ2n) is 19.8. The molecule has 8 rings (SSSR count). The number of nitrogens with zero attached hydrogens (tertiary/aromatic N) is 5. The van der Waals surface area contributed by atoms with Gasteiger partial charge in [-0.2, -0.15) is 9.97 Å². The lowest BCUT2D eigenvalue weighted by Gasteiger charge is -2.41. The number of rotatable bonds is 22. The van der Waals surface area contributed by atoms with Crippen molar-refractivity contribution in [2.24, 2.45) is 0 Å². The van der Waals surface area contributed by atoms with E-state index < -0.39 is 30.4 Å². The zero-order valence-electron chi connectivity index (χ0n) is 39.1. The van der Waals surface area contributed by atoms with Crippen molar-refractivity contribution >= 4 is 28.8 Å². The number of fused-ring (bicyclic) bond motifs is 5.